The van der Waals surface area contributed by atoms with Crippen molar-refractivity contribution in [3.05, 3.63) is 53.9 Å². The number of pyridine rings is 2. The molecule has 1 aliphatic heterocycles. The van der Waals surface area contributed by atoms with Crippen molar-refractivity contribution in [2.75, 3.05) is 18.0 Å². The van der Waals surface area contributed by atoms with Gasteiger partial charge < -0.3 is 10.0 Å². The first-order valence-electron chi connectivity index (χ1n) is 8.33. The van der Waals surface area contributed by atoms with E-state index in [0.717, 1.165) is 30.7 Å². The molecule has 26 heavy (non-hydrogen) atoms. The number of hydrogen-bond donors (Lipinski definition) is 1. The highest BCUT2D eigenvalue weighted by molar-refractivity contribution is 5.49. The van der Waals surface area contributed by atoms with Gasteiger partial charge in [0.25, 0.3) is 0 Å². The zero-order chi connectivity index (χ0) is 18.5. The number of hydrogen-bond acceptors (Lipinski definition) is 4. The second-order valence-electron chi connectivity index (χ2n) is 7.28. The van der Waals surface area contributed by atoms with Gasteiger partial charge in [-0.25, -0.2) is 9.37 Å². The Morgan fingerprint density at radius 3 is 2.54 bits per heavy atom. The fraction of sp³-hybridized carbons (Fsp3) is 0.444. The monoisotopic (exact) mass is 367 g/mol. The Morgan fingerprint density at radius 2 is 1.96 bits per heavy atom. The average molecular weight is 367 g/mol. The maximum absolute atomic E-state index is 13.7. The van der Waals surface area contributed by atoms with Crippen molar-refractivity contribution in [1.29, 1.82) is 0 Å². The molecule has 2 aromatic rings. The molecule has 4 rings (SSSR count). The van der Waals surface area contributed by atoms with Crippen molar-refractivity contribution < 1.29 is 22.7 Å². The van der Waals surface area contributed by atoms with E-state index in [1.54, 1.807) is 18.5 Å². The van der Waals surface area contributed by atoms with E-state index in [2.05, 4.69) is 9.97 Å². The third-order valence-corrected chi connectivity index (χ3v) is 5.38. The van der Waals surface area contributed by atoms with Crippen LogP contribution in [0, 0.1) is 17.2 Å². The minimum atomic E-state index is -4.79. The standard InChI is InChI=1S/C18H17F4N3O/c19-14-4-13(8-24-16(14)18(20,21)22)25-9-17(10-25)5-12(6-17)15(26)11-2-1-3-23-7-11/h1-4,7-8,12,15,26H,5-6,9-10H2. The molecule has 1 atom stereocenters. The summed E-state index contributed by atoms with van der Waals surface area (Å²) in [5.74, 6) is -1.21. The smallest absolute Gasteiger partial charge is 0.388 e. The summed E-state index contributed by atoms with van der Waals surface area (Å²) in [6.45, 7) is 1.27. The molecule has 1 N–H and O–H groups in total. The number of rotatable bonds is 3. The van der Waals surface area contributed by atoms with E-state index in [-0.39, 0.29) is 11.3 Å². The Labute approximate surface area is 147 Å². The highest BCUT2D eigenvalue weighted by atomic mass is 19.4. The van der Waals surface area contributed by atoms with Crippen molar-refractivity contribution >= 4 is 5.69 Å². The lowest BCUT2D eigenvalue weighted by molar-refractivity contribution is -0.143. The highest BCUT2D eigenvalue weighted by Gasteiger charge is 2.54. The zero-order valence-electron chi connectivity index (χ0n) is 13.7. The summed E-state index contributed by atoms with van der Waals surface area (Å²) in [5.41, 5.74) is -0.290. The van der Waals surface area contributed by atoms with Gasteiger partial charge >= 0.3 is 6.18 Å². The van der Waals surface area contributed by atoms with Crippen LogP contribution in [-0.2, 0) is 6.18 Å². The minimum Gasteiger partial charge on any atom is -0.388 e. The van der Waals surface area contributed by atoms with E-state index in [9.17, 15) is 22.7 Å². The molecule has 4 nitrogen and oxygen atoms in total. The maximum atomic E-state index is 13.7. The molecule has 2 fully saturated rings. The summed E-state index contributed by atoms with van der Waals surface area (Å²) >= 11 is 0. The predicted molar refractivity (Wildman–Crippen MR) is 85.8 cm³/mol. The van der Waals surface area contributed by atoms with Gasteiger partial charge in [0, 0.05) is 37.0 Å². The predicted octanol–water partition coefficient (Wildman–Crippen LogP) is 3.58. The number of halogens is 4. The molecule has 1 unspecified atom stereocenters. The van der Waals surface area contributed by atoms with Crippen LogP contribution in [0.25, 0.3) is 0 Å². The van der Waals surface area contributed by atoms with Crippen LogP contribution in [-0.4, -0.2) is 28.2 Å². The van der Waals surface area contributed by atoms with Crippen LogP contribution in [0.5, 0.6) is 0 Å². The van der Waals surface area contributed by atoms with E-state index in [1.807, 2.05) is 11.0 Å². The largest absolute Gasteiger partial charge is 0.436 e. The Balaban J connectivity index is 1.36. The SMILES string of the molecule is OC(c1cccnc1)C1CC2(C1)CN(c1cnc(C(F)(F)F)c(F)c1)C2. The van der Waals surface area contributed by atoms with Crippen molar-refractivity contribution in [3.63, 3.8) is 0 Å². The Kier molecular flexibility index (Phi) is 3.91. The summed E-state index contributed by atoms with van der Waals surface area (Å²) < 4.78 is 51.4. The molecule has 1 saturated heterocycles. The molecular formula is C18H17F4N3O. The highest BCUT2D eigenvalue weighted by Crippen LogP contribution is 2.56. The number of nitrogens with zero attached hydrogens (tertiary/aromatic N) is 3. The third kappa shape index (κ3) is 2.92. The Bertz CT molecular complexity index is 798. The van der Waals surface area contributed by atoms with Crippen LogP contribution in [0.1, 0.15) is 30.2 Å². The van der Waals surface area contributed by atoms with Gasteiger partial charge in [-0.3, -0.25) is 4.98 Å². The Hall–Kier alpha value is -2.22. The second kappa shape index (κ2) is 5.90. The van der Waals surface area contributed by atoms with Crippen molar-refractivity contribution in [2.45, 2.75) is 25.1 Å². The van der Waals surface area contributed by atoms with Crippen molar-refractivity contribution in [3.8, 4) is 0 Å². The second-order valence-corrected chi connectivity index (χ2v) is 7.28. The summed E-state index contributed by atoms with van der Waals surface area (Å²) in [6.07, 6.45) is 0.681. The first kappa shape index (κ1) is 17.2. The molecule has 0 amide bonds. The van der Waals surface area contributed by atoms with Crippen LogP contribution >= 0.6 is 0 Å². The molecular weight excluding hydrogens is 350 g/mol. The molecule has 1 spiro atoms. The normalized spacial score (nSPS) is 20.6. The van der Waals surface area contributed by atoms with E-state index >= 15 is 0 Å². The van der Waals surface area contributed by atoms with Gasteiger partial charge in [0.15, 0.2) is 11.5 Å². The molecule has 0 radical (unpaired) electrons. The summed E-state index contributed by atoms with van der Waals surface area (Å²) in [5, 5.41) is 10.4. The number of anilines is 1. The molecule has 1 saturated carbocycles. The fourth-order valence-electron chi connectivity index (χ4n) is 4.11. The maximum Gasteiger partial charge on any atom is 0.436 e. The number of aliphatic hydroxyl groups is 1. The number of aliphatic hydroxyl groups excluding tert-OH is 1. The lowest BCUT2D eigenvalue weighted by Gasteiger charge is -2.60. The molecule has 2 aromatic heterocycles. The van der Waals surface area contributed by atoms with Crippen LogP contribution < -0.4 is 4.90 Å². The van der Waals surface area contributed by atoms with Gasteiger partial charge in [-0.15, -0.1) is 0 Å². The number of aromatic nitrogens is 2. The van der Waals surface area contributed by atoms with Crippen molar-refractivity contribution in [1.82, 2.24) is 9.97 Å². The van der Waals surface area contributed by atoms with Gasteiger partial charge in [0.05, 0.1) is 18.0 Å². The molecule has 3 heterocycles. The van der Waals surface area contributed by atoms with Crippen LogP contribution in [0.15, 0.2) is 36.8 Å². The molecule has 1 aliphatic carbocycles. The van der Waals surface area contributed by atoms with E-state index in [0.29, 0.717) is 18.8 Å². The minimum absolute atomic E-state index is 0.0486. The van der Waals surface area contributed by atoms with Gasteiger partial charge in [0.1, 0.15) is 0 Å². The molecule has 0 aromatic carbocycles. The Morgan fingerprint density at radius 1 is 1.23 bits per heavy atom. The average Bonchev–Trinajstić information content (AvgIpc) is 2.51. The van der Waals surface area contributed by atoms with Gasteiger partial charge in [-0.05, 0) is 30.4 Å². The van der Waals surface area contributed by atoms with Gasteiger partial charge in [-0.1, -0.05) is 6.07 Å². The van der Waals surface area contributed by atoms with Crippen LogP contribution in [0.4, 0.5) is 23.2 Å². The van der Waals surface area contributed by atoms with Crippen LogP contribution in [0.2, 0.25) is 0 Å². The first-order valence-corrected chi connectivity index (χ1v) is 8.33. The summed E-state index contributed by atoms with van der Waals surface area (Å²) in [4.78, 5) is 9.07. The zero-order valence-corrected chi connectivity index (χ0v) is 13.7. The molecule has 2 aliphatic rings. The topological polar surface area (TPSA) is 49.3 Å². The third-order valence-electron chi connectivity index (χ3n) is 5.38. The number of alkyl halides is 3. The lowest BCUT2D eigenvalue weighted by atomic mass is 9.56. The van der Waals surface area contributed by atoms with E-state index in [1.165, 1.54) is 0 Å². The molecule has 138 valence electrons. The van der Waals surface area contributed by atoms with E-state index in [4.69, 9.17) is 0 Å². The quantitative estimate of drug-likeness (QED) is 0.843. The molecule has 8 heteroatoms. The van der Waals surface area contributed by atoms with Crippen molar-refractivity contribution in [2.24, 2.45) is 11.3 Å². The summed E-state index contributed by atoms with van der Waals surface area (Å²) in [6, 6.07) is 4.51. The van der Waals surface area contributed by atoms with Gasteiger partial charge in [0.2, 0.25) is 0 Å². The van der Waals surface area contributed by atoms with Crippen LogP contribution in [0.3, 0.4) is 0 Å². The van der Waals surface area contributed by atoms with Gasteiger partial charge in [-0.2, -0.15) is 13.2 Å². The lowest BCUT2D eigenvalue weighted by Crippen LogP contribution is -2.63. The first-order chi connectivity index (χ1) is 12.3. The fourth-order valence-corrected chi connectivity index (χ4v) is 4.11. The van der Waals surface area contributed by atoms with E-state index < -0.39 is 23.8 Å². The molecule has 0 bridgehead atoms. The summed E-state index contributed by atoms with van der Waals surface area (Å²) in [7, 11) is 0.